The van der Waals surface area contributed by atoms with Gasteiger partial charge in [0.05, 0.1) is 0 Å². The van der Waals surface area contributed by atoms with E-state index in [1.165, 1.54) is 11.1 Å². The minimum Gasteiger partial charge on any atom is -0.486 e. The number of aromatic nitrogens is 2. The molecular formula is C13H14N2O. The molecule has 0 aliphatic rings. The molecule has 0 spiro atoms. The Hall–Kier alpha value is -1.90. The lowest BCUT2D eigenvalue weighted by molar-refractivity contribution is 0.295. The molecule has 3 heteroatoms. The maximum atomic E-state index is 5.63. The van der Waals surface area contributed by atoms with Gasteiger partial charge in [-0.1, -0.05) is 6.07 Å². The van der Waals surface area contributed by atoms with Crippen LogP contribution in [0.15, 0.2) is 36.7 Å². The highest BCUT2D eigenvalue weighted by atomic mass is 16.5. The molecule has 0 aliphatic heterocycles. The summed E-state index contributed by atoms with van der Waals surface area (Å²) in [4.78, 5) is 8.21. The lowest BCUT2D eigenvalue weighted by atomic mass is 10.1. The summed E-state index contributed by atoms with van der Waals surface area (Å²) in [5.74, 6) is 1.56. The summed E-state index contributed by atoms with van der Waals surface area (Å²) in [5, 5.41) is 0. The Bertz CT molecular complexity index is 448. The smallest absolute Gasteiger partial charge is 0.166 e. The predicted molar refractivity (Wildman–Crippen MR) is 62.3 cm³/mol. The second-order valence-electron chi connectivity index (χ2n) is 3.78. The molecule has 0 atom stereocenters. The van der Waals surface area contributed by atoms with Crippen molar-refractivity contribution in [2.75, 3.05) is 0 Å². The number of aryl methyl sites for hydroxylation is 2. The van der Waals surface area contributed by atoms with E-state index in [1.54, 1.807) is 18.5 Å². The average molecular weight is 214 g/mol. The van der Waals surface area contributed by atoms with Gasteiger partial charge in [-0.05, 0) is 43.2 Å². The molecule has 2 aromatic rings. The third kappa shape index (κ3) is 2.79. The van der Waals surface area contributed by atoms with E-state index < -0.39 is 0 Å². The van der Waals surface area contributed by atoms with Gasteiger partial charge in [-0.2, -0.15) is 0 Å². The summed E-state index contributed by atoms with van der Waals surface area (Å²) in [6.07, 6.45) is 3.43. The standard InChI is InChI=1S/C13H14N2O/c1-10-6-11(2)8-12(7-10)16-9-13-14-4-3-5-15-13/h3-8H,9H2,1-2H3. The number of hydrogen-bond donors (Lipinski definition) is 0. The van der Waals surface area contributed by atoms with E-state index in [0.717, 1.165) is 5.75 Å². The topological polar surface area (TPSA) is 35.0 Å². The van der Waals surface area contributed by atoms with Gasteiger partial charge in [0.25, 0.3) is 0 Å². The second kappa shape index (κ2) is 4.75. The lowest BCUT2D eigenvalue weighted by Gasteiger charge is -2.07. The molecule has 0 radical (unpaired) electrons. The van der Waals surface area contributed by atoms with Crippen LogP contribution >= 0.6 is 0 Å². The van der Waals surface area contributed by atoms with Crippen LogP contribution in [-0.2, 0) is 6.61 Å². The first kappa shape index (κ1) is 10.6. The van der Waals surface area contributed by atoms with Crippen molar-refractivity contribution in [3.05, 3.63) is 53.6 Å². The van der Waals surface area contributed by atoms with E-state index >= 15 is 0 Å². The maximum absolute atomic E-state index is 5.63. The van der Waals surface area contributed by atoms with Gasteiger partial charge in [0, 0.05) is 12.4 Å². The van der Waals surface area contributed by atoms with Crippen LogP contribution in [0.5, 0.6) is 5.75 Å². The van der Waals surface area contributed by atoms with Gasteiger partial charge >= 0.3 is 0 Å². The number of benzene rings is 1. The summed E-state index contributed by atoms with van der Waals surface area (Å²) >= 11 is 0. The molecule has 1 heterocycles. The van der Waals surface area contributed by atoms with E-state index in [9.17, 15) is 0 Å². The maximum Gasteiger partial charge on any atom is 0.166 e. The molecule has 0 unspecified atom stereocenters. The van der Waals surface area contributed by atoms with Crippen molar-refractivity contribution < 1.29 is 4.74 Å². The van der Waals surface area contributed by atoms with Crippen LogP contribution in [0.2, 0.25) is 0 Å². The highest BCUT2D eigenvalue weighted by molar-refractivity contribution is 5.32. The van der Waals surface area contributed by atoms with Gasteiger partial charge in [0.2, 0.25) is 0 Å². The molecule has 0 aliphatic carbocycles. The minimum absolute atomic E-state index is 0.406. The summed E-state index contributed by atoms with van der Waals surface area (Å²) < 4.78 is 5.63. The van der Waals surface area contributed by atoms with E-state index in [1.807, 2.05) is 12.1 Å². The predicted octanol–water partition coefficient (Wildman–Crippen LogP) is 2.67. The Balaban J connectivity index is 2.05. The molecule has 0 saturated carbocycles. The van der Waals surface area contributed by atoms with Crippen LogP contribution in [-0.4, -0.2) is 9.97 Å². The summed E-state index contributed by atoms with van der Waals surface area (Å²) in [6, 6.07) is 7.93. The minimum atomic E-state index is 0.406. The van der Waals surface area contributed by atoms with Gasteiger partial charge in [0.1, 0.15) is 12.4 Å². The fourth-order valence-corrected chi connectivity index (χ4v) is 1.57. The molecule has 0 N–H and O–H groups in total. The van der Waals surface area contributed by atoms with Crippen molar-refractivity contribution >= 4 is 0 Å². The first-order valence-corrected chi connectivity index (χ1v) is 5.21. The van der Waals surface area contributed by atoms with Gasteiger partial charge < -0.3 is 4.74 Å². The van der Waals surface area contributed by atoms with Gasteiger partial charge in [-0.25, -0.2) is 9.97 Å². The van der Waals surface area contributed by atoms with E-state index in [4.69, 9.17) is 4.74 Å². The van der Waals surface area contributed by atoms with Gasteiger partial charge in [0.15, 0.2) is 5.82 Å². The lowest BCUT2D eigenvalue weighted by Crippen LogP contribution is -2.00. The largest absolute Gasteiger partial charge is 0.486 e. The van der Waals surface area contributed by atoms with Crippen molar-refractivity contribution in [3.63, 3.8) is 0 Å². The van der Waals surface area contributed by atoms with Crippen molar-refractivity contribution in [1.82, 2.24) is 9.97 Å². The molecule has 0 saturated heterocycles. The first-order chi connectivity index (χ1) is 7.74. The third-order valence-electron chi connectivity index (χ3n) is 2.18. The SMILES string of the molecule is Cc1cc(C)cc(OCc2ncccn2)c1. The number of ether oxygens (including phenoxy) is 1. The highest BCUT2D eigenvalue weighted by Crippen LogP contribution is 2.16. The molecule has 1 aromatic carbocycles. The van der Waals surface area contributed by atoms with Crippen LogP contribution in [0, 0.1) is 13.8 Å². The molecule has 0 amide bonds. The first-order valence-electron chi connectivity index (χ1n) is 5.21. The molecule has 2 rings (SSSR count). The summed E-state index contributed by atoms with van der Waals surface area (Å²) in [6.45, 7) is 4.52. The quantitative estimate of drug-likeness (QED) is 0.787. The van der Waals surface area contributed by atoms with Crippen LogP contribution in [0.1, 0.15) is 17.0 Å². The van der Waals surface area contributed by atoms with E-state index in [0.29, 0.717) is 12.4 Å². The number of hydrogen-bond acceptors (Lipinski definition) is 3. The van der Waals surface area contributed by atoms with E-state index in [-0.39, 0.29) is 0 Å². The van der Waals surface area contributed by atoms with Gasteiger partial charge in [-0.15, -0.1) is 0 Å². The molecule has 0 bridgehead atoms. The number of rotatable bonds is 3. The molecular weight excluding hydrogens is 200 g/mol. The van der Waals surface area contributed by atoms with Crippen LogP contribution in [0.25, 0.3) is 0 Å². The van der Waals surface area contributed by atoms with Crippen molar-refractivity contribution in [2.45, 2.75) is 20.5 Å². The third-order valence-corrected chi connectivity index (χ3v) is 2.18. The number of nitrogens with zero attached hydrogens (tertiary/aromatic N) is 2. The second-order valence-corrected chi connectivity index (χ2v) is 3.78. The highest BCUT2D eigenvalue weighted by Gasteiger charge is 1.99. The summed E-state index contributed by atoms with van der Waals surface area (Å²) in [7, 11) is 0. The van der Waals surface area contributed by atoms with Crippen molar-refractivity contribution in [3.8, 4) is 5.75 Å². The van der Waals surface area contributed by atoms with Crippen molar-refractivity contribution in [2.24, 2.45) is 0 Å². The average Bonchev–Trinajstić information content (AvgIpc) is 2.27. The monoisotopic (exact) mass is 214 g/mol. The Kier molecular flexibility index (Phi) is 3.15. The van der Waals surface area contributed by atoms with E-state index in [2.05, 4.69) is 29.9 Å². The van der Waals surface area contributed by atoms with Crippen LogP contribution in [0.3, 0.4) is 0 Å². The fourth-order valence-electron chi connectivity index (χ4n) is 1.57. The molecule has 1 aromatic heterocycles. The Morgan fingerprint density at radius 1 is 1.00 bits per heavy atom. The van der Waals surface area contributed by atoms with Crippen molar-refractivity contribution in [1.29, 1.82) is 0 Å². The Labute approximate surface area is 95.1 Å². The molecule has 82 valence electrons. The zero-order valence-electron chi connectivity index (χ0n) is 9.47. The zero-order chi connectivity index (χ0) is 11.4. The molecule has 16 heavy (non-hydrogen) atoms. The normalized spacial score (nSPS) is 10.1. The van der Waals surface area contributed by atoms with Crippen LogP contribution < -0.4 is 4.74 Å². The molecule has 3 nitrogen and oxygen atoms in total. The fraction of sp³-hybridized carbons (Fsp3) is 0.231. The summed E-state index contributed by atoms with van der Waals surface area (Å²) in [5.41, 5.74) is 2.40. The Morgan fingerprint density at radius 2 is 1.62 bits per heavy atom. The van der Waals surface area contributed by atoms with Crippen LogP contribution in [0.4, 0.5) is 0 Å². The molecule has 0 fully saturated rings. The van der Waals surface area contributed by atoms with Gasteiger partial charge in [-0.3, -0.25) is 0 Å². The Morgan fingerprint density at radius 3 is 2.25 bits per heavy atom. The zero-order valence-corrected chi connectivity index (χ0v) is 9.47.